The molecule has 2 aromatic heterocycles. The molecule has 0 fully saturated rings. The molecule has 5 nitrogen and oxygen atoms in total. The second kappa shape index (κ2) is 8.69. The molecular weight excluding hydrogens is 360 g/mol. The third kappa shape index (κ3) is 4.35. The molecule has 1 atom stereocenters. The van der Waals surface area contributed by atoms with Crippen molar-refractivity contribution < 1.29 is 4.79 Å². The third-order valence-electron chi connectivity index (χ3n) is 5.05. The van der Waals surface area contributed by atoms with E-state index in [1.54, 1.807) is 6.20 Å². The van der Waals surface area contributed by atoms with Gasteiger partial charge in [-0.3, -0.25) is 9.36 Å². The van der Waals surface area contributed by atoms with E-state index >= 15 is 0 Å². The summed E-state index contributed by atoms with van der Waals surface area (Å²) in [4.78, 5) is 21.7. The molecule has 29 heavy (non-hydrogen) atoms. The molecule has 1 unspecified atom stereocenters. The molecule has 0 aliphatic carbocycles. The SMILES string of the molecule is CC(CNC(=O)CCc1nc2cccnc2n1-c1ccccc1)c1ccccc1. The minimum atomic E-state index is 0.0346. The number of hydrogen-bond donors (Lipinski definition) is 1. The van der Waals surface area contributed by atoms with Gasteiger partial charge in [-0.1, -0.05) is 55.5 Å². The average Bonchev–Trinajstić information content (AvgIpc) is 3.15. The van der Waals surface area contributed by atoms with Crippen LogP contribution in [0.5, 0.6) is 0 Å². The van der Waals surface area contributed by atoms with Crippen molar-refractivity contribution in [2.75, 3.05) is 6.54 Å². The molecule has 4 aromatic rings. The van der Waals surface area contributed by atoms with E-state index < -0.39 is 0 Å². The number of fused-ring (bicyclic) bond motifs is 1. The highest BCUT2D eigenvalue weighted by molar-refractivity contribution is 5.77. The zero-order valence-electron chi connectivity index (χ0n) is 16.5. The first kappa shape index (κ1) is 18.9. The fourth-order valence-corrected chi connectivity index (χ4v) is 3.46. The van der Waals surface area contributed by atoms with Gasteiger partial charge in [0.1, 0.15) is 11.3 Å². The summed E-state index contributed by atoms with van der Waals surface area (Å²) in [6.45, 7) is 2.75. The fourth-order valence-electron chi connectivity index (χ4n) is 3.46. The van der Waals surface area contributed by atoms with Crippen LogP contribution in [0.3, 0.4) is 0 Å². The minimum absolute atomic E-state index is 0.0346. The quantitative estimate of drug-likeness (QED) is 0.518. The van der Waals surface area contributed by atoms with Gasteiger partial charge in [0.25, 0.3) is 0 Å². The van der Waals surface area contributed by atoms with Crippen molar-refractivity contribution in [3.05, 3.63) is 90.4 Å². The summed E-state index contributed by atoms with van der Waals surface area (Å²) in [5, 5.41) is 3.05. The summed E-state index contributed by atoms with van der Waals surface area (Å²) in [5.41, 5.74) is 3.88. The van der Waals surface area contributed by atoms with Gasteiger partial charge in [-0.05, 0) is 35.7 Å². The number of pyridine rings is 1. The maximum absolute atomic E-state index is 12.5. The summed E-state index contributed by atoms with van der Waals surface area (Å²) >= 11 is 0. The van der Waals surface area contributed by atoms with Gasteiger partial charge in [-0.2, -0.15) is 0 Å². The second-order valence-electron chi connectivity index (χ2n) is 7.16. The van der Waals surface area contributed by atoms with Crippen LogP contribution in [-0.2, 0) is 11.2 Å². The standard InChI is InChI=1S/C24H24N4O/c1-18(19-9-4-2-5-10-19)17-26-23(29)15-14-22-27-21-13-8-16-25-24(21)28(22)20-11-6-3-7-12-20/h2-13,16,18H,14-15,17H2,1H3,(H,26,29). The Morgan fingerprint density at radius 1 is 1.00 bits per heavy atom. The van der Waals surface area contributed by atoms with Crippen molar-refractivity contribution in [3.8, 4) is 5.69 Å². The van der Waals surface area contributed by atoms with Gasteiger partial charge < -0.3 is 5.32 Å². The van der Waals surface area contributed by atoms with E-state index in [4.69, 9.17) is 4.98 Å². The minimum Gasteiger partial charge on any atom is -0.355 e. The summed E-state index contributed by atoms with van der Waals surface area (Å²) in [7, 11) is 0. The van der Waals surface area contributed by atoms with Crippen molar-refractivity contribution >= 4 is 17.1 Å². The zero-order valence-corrected chi connectivity index (χ0v) is 16.5. The van der Waals surface area contributed by atoms with Crippen LogP contribution in [0.4, 0.5) is 0 Å². The van der Waals surface area contributed by atoms with E-state index in [1.807, 2.05) is 65.2 Å². The highest BCUT2D eigenvalue weighted by Crippen LogP contribution is 2.20. The molecular formula is C24H24N4O. The molecule has 146 valence electrons. The van der Waals surface area contributed by atoms with Crippen LogP contribution in [0.1, 0.15) is 30.7 Å². The van der Waals surface area contributed by atoms with Crippen molar-refractivity contribution in [2.45, 2.75) is 25.7 Å². The fraction of sp³-hybridized carbons (Fsp3) is 0.208. The van der Waals surface area contributed by atoms with E-state index in [0.717, 1.165) is 22.7 Å². The maximum Gasteiger partial charge on any atom is 0.220 e. The number of hydrogen-bond acceptors (Lipinski definition) is 3. The molecule has 0 aliphatic rings. The van der Waals surface area contributed by atoms with E-state index in [0.29, 0.717) is 19.4 Å². The lowest BCUT2D eigenvalue weighted by molar-refractivity contribution is -0.121. The maximum atomic E-state index is 12.5. The highest BCUT2D eigenvalue weighted by Gasteiger charge is 2.15. The van der Waals surface area contributed by atoms with Crippen molar-refractivity contribution in [3.63, 3.8) is 0 Å². The van der Waals surface area contributed by atoms with Gasteiger partial charge in [-0.25, -0.2) is 9.97 Å². The Balaban J connectivity index is 1.45. The number of carbonyl (C=O) groups excluding carboxylic acids is 1. The molecule has 4 rings (SSSR count). The lowest BCUT2D eigenvalue weighted by Crippen LogP contribution is -2.27. The topological polar surface area (TPSA) is 59.8 Å². The molecule has 0 bridgehead atoms. The number of nitrogens with one attached hydrogen (secondary N) is 1. The molecule has 0 saturated carbocycles. The molecule has 2 aromatic carbocycles. The molecule has 1 N–H and O–H groups in total. The average molecular weight is 384 g/mol. The van der Waals surface area contributed by atoms with Crippen LogP contribution in [0.15, 0.2) is 79.0 Å². The van der Waals surface area contributed by atoms with Gasteiger partial charge in [0, 0.05) is 31.3 Å². The largest absolute Gasteiger partial charge is 0.355 e. The van der Waals surface area contributed by atoms with Crippen molar-refractivity contribution in [1.29, 1.82) is 0 Å². The summed E-state index contributed by atoms with van der Waals surface area (Å²) in [5.74, 6) is 1.15. The van der Waals surface area contributed by atoms with Gasteiger partial charge in [0.15, 0.2) is 5.65 Å². The number of para-hydroxylation sites is 1. The van der Waals surface area contributed by atoms with Crippen LogP contribution in [0.2, 0.25) is 0 Å². The number of aromatic nitrogens is 3. The van der Waals surface area contributed by atoms with E-state index in [2.05, 4.69) is 29.4 Å². The van der Waals surface area contributed by atoms with E-state index in [1.165, 1.54) is 5.56 Å². The van der Waals surface area contributed by atoms with Gasteiger partial charge >= 0.3 is 0 Å². The van der Waals surface area contributed by atoms with Gasteiger partial charge in [0.05, 0.1) is 0 Å². The Morgan fingerprint density at radius 2 is 1.72 bits per heavy atom. The molecule has 5 heteroatoms. The number of rotatable bonds is 7. The Morgan fingerprint density at radius 3 is 2.48 bits per heavy atom. The summed E-state index contributed by atoms with van der Waals surface area (Å²) in [6.07, 6.45) is 2.71. The zero-order chi connectivity index (χ0) is 20.1. The van der Waals surface area contributed by atoms with Crippen molar-refractivity contribution in [1.82, 2.24) is 19.9 Å². The van der Waals surface area contributed by atoms with Crippen LogP contribution in [-0.4, -0.2) is 27.0 Å². The van der Waals surface area contributed by atoms with Crippen molar-refractivity contribution in [2.24, 2.45) is 0 Å². The predicted molar refractivity (Wildman–Crippen MR) is 115 cm³/mol. The first-order chi connectivity index (χ1) is 14.2. The molecule has 0 radical (unpaired) electrons. The van der Waals surface area contributed by atoms with Crippen LogP contribution >= 0.6 is 0 Å². The van der Waals surface area contributed by atoms with Crippen LogP contribution < -0.4 is 5.32 Å². The first-order valence-corrected chi connectivity index (χ1v) is 9.92. The van der Waals surface area contributed by atoms with E-state index in [-0.39, 0.29) is 11.8 Å². The number of imidazole rings is 1. The van der Waals surface area contributed by atoms with Crippen LogP contribution in [0, 0.1) is 0 Å². The molecule has 0 spiro atoms. The molecule has 1 amide bonds. The summed E-state index contributed by atoms with van der Waals surface area (Å²) in [6, 6.07) is 24.1. The number of benzene rings is 2. The van der Waals surface area contributed by atoms with E-state index in [9.17, 15) is 4.79 Å². The third-order valence-corrected chi connectivity index (χ3v) is 5.05. The normalized spacial score (nSPS) is 12.0. The number of carbonyl (C=O) groups is 1. The number of aryl methyl sites for hydroxylation is 1. The molecule has 2 heterocycles. The first-order valence-electron chi connectivity index (χ1n) is 9.92. The second-order valence-corrected chi connectivity index (χ2v) is 7.16. The Hall–Kier alpha value is -3.47. The number of amides is 1. The Kier molecular flexibility index (Phi) is 5.66. The lowest BCUT2D eigenvalue weighted by atomic mass is 10.0. The van der Waals surface area contributed by atoms with Crippen LogP contribution in [0.25, 0.3) is 16.9 Å². The monoisotopic (exact) mass is 384 g/mol. The summed E-state index contributed by atoms with van der Waals surface area (Å²) < 4.78 is 2.04. The molecule has 0 aliphatic heterocycles. The van der Waals surface area contributed by atoms with Gasteiger partial charge in [0.2, 0.25) is 5.91 Å². The smallest absolute Gasteiger partial charge is 0.220 e. The van der Waals surface area contributed by atoms with Gasteiger partial charge in [-0.15, -0.1) is 0 Å². The highest BCUT2D eigenvalue weighted by atomic mass is 16.1. The Labute approximate surface area is 170 Å². The lowest BCUT2D eigenvalue weighted by Gasteiger charge is -2.13. The predicted octanol–water partition coefficient (Wildman–Crippen LogP) is 4.27. The molecule has 0 saturated heterocycles. The number of nitrogens with zero attached hydrogens (tertiary/aromatic N) is 3. The Bertz CT molecular complexity index is 1090.